The predicted octanol–water partition coefficient (Wildman–Crippen LogP) is 1.13. The van der Waals surface area contributed by atoms with Crippen LogP contribution in [0, 0.1) is 5.92 Å². The van der Waals surface area contributed by atoms with E-state index in [2.05, 4.69) is 34.4 Å². The lowest BCUT2D eigenvalue weighted by molar-refractivity contribution is 0.232. The molecule has 0 spiro atoms. The van der Waals surface area contributed by atoms with E-state index in [1.807, 2.05) is 6.07 Å². The Morgan fingerprint density at radius 3 is 3.00 bits per heavy atom. The fourth-order valence-electron chi connectivity index (χ4n) is 1.52. The van der Waals surface area contributed by atoms with Crippen LogP contribution in [-0.4, -0.2) is 26.5 Å². The van der Waals surface area contributed by atoms with Crippen LogP contribution in [0.2, 0.25) is 0 Å². The molecule has 0 atom stereocenters. The zero-order chi connectivity index (χ0) is 13.7. The lowest BCUT2D eigenvalue weighted by atomic mass is 10.2. The van der Waals surface area contributed by atoms with E-state index in [0.717, 1.165) is 12.2 Å². The molecule has 0 aliphatic carbocycles. The second kappa shape index (κ2) is 6.33. The highest BCUT2D eigenvalue weighted by Crippen LogP contribution is 2.07. The molecule has 0 aliphatic heterocycles. The molecule has 2 heterocycles. The van der Waals surface area contributed by atoms with Crippen LogP contribution in [0.5, 0.6) is 6.01 Å². The number of hydrogen-bond acceptors (Lipinski definition) is 6. The Kier molecular flexibility index (Phi) is 4.51. The van der Waals surface area contributed by atoms with Gasteiger partial charge in [0, 0.05) is 19.7 Å². The summed E-state index contributed by atoms with van der Waals surface area (Å²) in [6.45, 7) is 6.26. The van der Waals surface area contributed by atoms with Crippen molar-refractivity contribution in [3.05, 3.63) is 23.8 Å². The number of nitrogens with zero attached hydrogens (tertiary/aromatic N) is 4. The molecule has 0 bridgehead atoms. The second-order valence-electron chi connectivity index (χ2n) is 4.80. The van der Waals surface area contributed by atoms with E-state index >= 15 is 0 Å². The van der Waals surface area contributed by atoms with E-state index in [1.165, 1.54) is 0 Å². The van der Waals surface area contributed by atoms with Crippen LogP contribution in [-0.2, 0) is 20.2 Å². The van der Waals surface area contributed by atoms with Crippen molar-refractivity contribution in [2.24, 2.45) is 13.0 Å². The Morgan fingerprint density at radius 2 is 2.32 bits per heavy atom. The minimum absolute atomic E-state index is 0.279. The average Bonchev–Trinajstić information content (AvgIpc) is 2.95. The third-order valence-corrected chi connectivity index (χ3v) is 2.39. The lowest BCUT2D eigenvalue weighted by Gasteiger charge is -2.04. The van der Waals surface area contributed by atoms with Crippen molar-refractivity contribution in [2.45, 2.75) is 27.0 Å². The third kappa shape index (κ3) is 4.36. The lowest BCUT2D eigenvalue weighted by Crippen LogP contribution is -2.19. The van der Waals surface area contributed by atoms with E-state index in [1.54, 1.807) is 18.1 Å². The maximum Gasteiger partial charge on any atom is 0.335 e. The molecule has 7 heteroatoms. The van der Waals surface area contributed by atoms with Crippen LogP contribution in [0.15, 0.2) is 16.9 Å². The van der Waals surface area contributed by atoms with Gasteiger partial charge in [0.2, 0.25) is 0 Å². The molecule has 0 radical (unpaired) electrons. The summed E-state index contributed by atoms with van der Waals surface area (Å²) in [5.74, 6) is 1.28. The largest absolute Gasteiger partial charge is 0.454 e. The van der Waals surface area contributed by atoms with Gasteiger partial charge in [0.1, 0.15) is 6.33 Å². The monoisotopic (exact) mass is 265 g/mol. The molecule has 2 aromatic heterocycles. The van der Waals surface area contributed by atoms with E-state index in [9.17, 15) is 0 Å². The molecule has 0 amide bonds. The number of nitrogens with one attached hydrogen (secondary N) is 1. The van der Waals surface area contributed by atoms with Crippen molar-refractivity contribution in [1.29, 1.82) is 0 Å². The van der Waals surface area contributed by atoms with Crippen molar-refractivity contribution in [2.75, 3.05) is 6.54 Å². The Hall–Kier alpha value is -1.89. The summed E-state index contributed by atoms with van der Waals surface area (Å²) in [5, 5.41) is 11.3. The highest BCUT2D eigenvalue weighted by molar-refractivity contribution is 5.05. The van der Waals surface area contributed by atoms with Crippen molar-refractivity contribution >= 4 is 0 Å². The molecular formula is C12H19N5O2. The Bertz CT molecular complexity index is 506. The van der Waals surface area contributed by atoms with Gasteiger partial charge in [0.05, 0.1) is 5.69 Å². The molecule has 1 N–H and O–H groups in total. The minimum atomic E-state index is 0.279. The Balaban J connectivity index is 1.77. The highest BCUT2D eigenvalue weighted by atomic mass is 16.5. The number of rotatable bonds is 7. The van der Waals surface area contributed by atoms with Gasteiger partial charge in [-0.25, -0.2) is 0 Å². The van der Waals surface area contributed by atoms with Gasteiger partial charge in [-0.3, -0.25) is 4.68 Å². The van der Waals surface area contributed by atoms with Crippen LogP contribution < -0.4 is 10.1 Å². The van der Waals surface area contributed by atoms with Gasteiger partial charge < -0.3 is 14.6 Å². The number of aryl methyl sites for hydroxylation is 1. The van der Waals surface area contributed by atoms with Crippen LogP contribution >= 0.6 is 0 Å². The van der Waals surface area contributed by atoms with Gasteiger partial charge in [0.15, 0.2) is 12.4 Å². The molecule has 2 aromatic rings. The minimum Gasteiger partial charge on any atom is -0.454 e. The molecule has 0 saturated carbocycles. The van der Waals surface area contributed by atoms with Crippen LogP contribution in [0.4, 0.5) is 0 Å². The van der Waals surface area contributed by atoms with Crippen molar-refractivity contribution in [3.8, 4) is 6.01 Å². The van der Waals surface area contributed by atoms with E-state index in [4.69, 9.17) is 9.26 Å². The van der Waals surface area contributed by atoms with Crippen LogP contribution in [0.3, 0.4) is 0 Å². The van der Waals surface area contributed by atoms with Crippen molar-refractivity contribution in [3.63, 3.8) is 0 Å². The first-order valence-electron chi connectivity index (χ1n) is 6.27. The first-order valence-corrected chi connectivity index (χ1v) is 6.27. The molecule has 0 fully saturated rings. The Morgan fingerprint density at radius 1 is 1.47 bits per heavy atom. The van der Waals surface area contributed by atoms with Crippen LogP contribution in [0.25, 0.3) is 0 Å². The normalized spacial score (nSPS) is 11.2. The third-order valence-electron chi connectivity index (χ3n) is 2.39. The summed E-state index contributed by atoms with van der Waals surface area (Å²) in [4.78, 5) is 3.96. The first kappa shape index (κ1) is 13.5. The average molecular weight is 265 g/mol. The molecule has 0 unspecified atom stereocenters. The maximum atomic E-state index is 5.37. The fraction of sp³-hybridized carbons (Fsp3) is 0.583. The molecule has 0 aliphatic rings. The molecular weight excluding hydrogens is 246 g/mol. The molecule has 7 nitrogen and oxygen atoms in total. The summed E-state index contributed by atoms with van der Waals surface area (Å²) in [6.07, 6.45) is 1.58. The smallest absolute Gasteiger partial charge is 0.335 e. The fourth-order valence-corrected chi connectivity index (χ4v) is 1.52. The topological polar surface area (TPSA) is 78.0 Å². The van der Waals surface area contributed by atoms with Gasteiger partial charge in [-0.15, -0.1) is 5.10 Å². The molecule has 104 valence electrons. The first-order chi connectivity index (χ1) is 9.13. The Labute approximate surface area is 111 Å². The summed E-state index contributed by atoms with van der Waals surface area (Å²) >= 11 is 0. The van der Waals surface area contributed by atoms with Crippen molar-refractivity contribution in [1.82, 2.24) is 25.2 Å². The zero-order valence-electron chi connectivity index (χ0n) is 11.5. The summed E-state index contributed by atoms with van der Waals surface area (Å²) in [5.41, 5.74) is 0.869. The summed E-state index contributed by atoms with van der Waals surface area (Å²) in [6, 6.07) is 2.20. The number of hydrogen-bond donors (Lipinski definition) is 1. The van der Waals surface area contributed by atoms with Crippen molar-refractivity contribution < 1.29 is 9.26 Å². The molecule has 0 saturated heterocycles. The summed E-state index contributed by atoms with van der Waals surface area (Å²) in [7, 11) is 1.78. The number of aromatic nitrogens is 4. The predicted molar refractivity (Wildman–Crippen MR) is 68.4 cm³/mol. The molecule has 2 rings (SSSR count). The molecule has 19 heavy (non-hydrogen) atoms. The van der Waals surface area contributed by atoms with Gasteiger partial charge in [-0.1, -0.05) is 19.0 Å². The van der Waals surface area contributed by atoms with Gasteiger partial charge in [-0.2, -0.15) is 4.98 Å². The SMILES string of the molecule is CC(C)CNCc1cc(COc2ncn(C)n2)on1. The second-order valence-corrected chi connectivity index (χ2v) is 4.80. The standard InChI is InChI=1S/C12H19N5O2/c1-9(2)5-13-6-10-4-11(19-16-10)7-18-12-14-8-17(3)15-12/h4,8-9,13H,5-7H2,1-3H3. The highest BCUT2D eigenvalue weighted by Gasteiger charge is 2.07. The van der Waals surface area contributed by atoms with E-state index in [0.29, 0.717) is 24.2 Å². The van der Waals surface area contributed by atoms with E-state index < -0.39 is 0 Å². The van der Waals surface area contributed by atoms with Gasteiger partial charge in [0.25, 0.3) is 0 Å². The number of ether oxygens (including phenoxy) is 1. The van der Waals surface area contributed by atoms with Gasteiger partial charge in [-0.05, 0) is 12.5 Å². The van der Waals surface area contributed by atoms with E-state index in [-0.39, 0.29) is 6.61 Å². The maximum absolute atomic E-state index is 5.37. The zero-order valence-corrected chi connectivity index (χ0v) is 11.5. The summed E-state index contributed by atoms with van der Waals surface area (Å²) < 4.78 is 12.1. The van der Waals surface area contributed by atoms with Gasteiger partial charge >= 0.3 is 6.01 Å². The molecule has 0 aromatic carbocycles. The van der Waals surface area contributed by atoms with Crippen LogP contribution in [0.1, 0.15) is 25.3 Å². The quantitative estimate of drug-likeness (QED) is 0.808.